The van der Waals surface area contributed by atoms with Gasteiger partial charge in [0.05, 0.1) is 15.1 Å². The number of thiophene rings is 1. The van der Waals surface area contributed by atoms with Gasteiger partial charge in [0.2, 0.25) is 0 Å². The van der Waals surface area contributed by atoms with Gasteiger partial charge < -0.3 is 4.57 Å². The largest absolute Gasteiger partial charge is 0.406 e. The molecular formula is C9H4BrClF3NOS. The molecule has 0 aromatic carbocycles. The summed E-state index contributed by atoms with van der Waals surface area (Å²) < 4.78 is 38.3. The van der Waals surface area contributed by atoms with Crippen molar-refractivity contribution in [2.24, 2.45) is 0 Å². The average Bonchev–Trinajstić information content (AvgIpc) is 2.55. The lowest BCUT2D eigenvalue weighted by molar-refractivity contribution is -0.141. The Morgan fingerprint density at radius 3 is 2.71 bits per heavy atom. The summed E-state index contributed by atoms with van der Waals surface area (Å²) in [6.07, 6.45) is -3.44. The molecule has 2 rings (SSSR count). The number of fused-ring (bicyclic) bond motifs is 1. The first-order chi connectivity index (χ1) is 7.79. The first-order valence-corrected chi connectivity index (χ1v) is 6.37. The highest BCUT2D eigenvalue weighted by molar-refractivity contribution is 9.10. The molecule has 0 amide bonds. The highest BCUT2D eigenvalue weighted by atomic mass is 79.9. The van der Waals surface area contributed by atoms with Crippen LogP contribution in [0.3, 0.4) is 0 Å². The molecule has 0 atom stereocenters. The maximum Gasteiger partial charge on any atom is 0.406 e. The van der Waals surface area contributed by atoms with Gasteiger partial charge in [-0.15, -0.1) is 11.3 Å². The summed E-state index contributed by atoms with van der Waals surface area (Å²) >= 11 is 10.2. The Labute approximate surface area is 111 Å². The SMILES string of the molecule is O=c1c2c(Br)csc2c(Cl)cn1CC(F)(F)F. The lowest BCUT2D eigenvalue weighted by atomic mass is 10.3. The zero-order valence-corrected chi connectivity index (χ0v) is 11.2. The third kappa shape index (κ3) is 2.51. The Hall–Kier alpha value is -0.530. The van der Waals surface area contributed by atoms with Gasteiger partial charge >= 0.3 is 6.18 Å². The van der Waals surface area contributed by atoms with Crippen LogP contribution in [0.2, 0.25) is 5.02 Å². The van der Waals surface area contributed by atoms with E-state index < -0.39 is 18.3 Å². The maximum absolute atomic E-state index is 12.3. The molecule has 0 bridgehead atoms. The molecular weight excluding hydrogens is 343 g/mol. The normalized spacial score (nSPS) is 12.3. The highest BCUT2D eigenvalue weighted by Gasteiger charge is 2.29. The number of pyridine rings is 1. The smallest absolute Gasteiger partial charge is 0.304 e. The van der Waals surface area contributed by atoms with Gasteiger partial charge in [0.1, 0.15) is 6.54 Å². The zero-order valence-electron chi connectivity index (χ0n) is 8.02. The molecule has 2 heterocycles. The van der Waals surface area contributed by atoms with E-state index in [0.717, 1.165) is 6.20 Å². The van der Waals surface area contributed by atoms with E-state index in [1.54, 1.807) is 5.38 Å². The molecule has 8 heteroatoms. The van der Waals surface area contributed by atoms with Crippen LogP contribution < -0.4 is 5.56 Å². The number of rotatable bonds is 1. The van der Waals surface area contributed by atoms with Crippen LogP contribution in [0.1, 0.15) is 0 Å². The van der Waals surface area contributed by atoms with Gasteiger partial charge in [-0.05, 0) is 15.9 Å². The summed E-state index contributed by atoms with van der Waals surface area (Å²) in [7, 11) is 0. The molecule has 0 fully saturated rings. The number of alkyl halides is 3. The van der Waals surface area contributed by atoms with Gasteiger partial charge in [-0.3, -0.25) is 4.79 Å². The summed E-state index contributed by atoms with van der Waals surface area (Å²) in [5.41, 5.74) is -0.699. The summed E-state index contributed by atoms with van der Waals surface area (Å²) in [5.74, 6) is 0. The summed E-state index contributed by atoms with van der Waals surface area (Å²) in [6, 6.07) is 0. The topological polar surface area (TPSA) is 22.0 Å². The zero-order chi connectivity index (χ0) is 12.8. The van der Waals surface area contributed by atoms with Crippen molar-refractivity contribution in [1.29, 1.82) is 0 Å². The average molecular weight is 347 g/mol. The van der Waals surface area contributed by atoms with Crippen LogP contribution in [-0.4, -0.2) is 10.7 Å². The first-order valence-electron chi connectivity index (χ1n) is 4.32. The Morgan fingerprint density at radius 1 is 1.47 bits per heavy atom. The van der Waals surface area contributed by atoms with Crippen molar-refractivity contribution in [2.75, 3.05) is 0 Å². The maximum atomic E-state index is 12.3. The molecule has 0 saturated carbocycles. The molecule has 2 nitrogen and oxygen atoms in total. The number of aromatic nitrogens is 1. The van der Waals surface area contributed by atoms with Gasteiger partial charge in [-0.2, -0.15) is 13.2 Å². The molecule has 0 spiro atoms. The van der Waals surface area contributed by atoms with Crippen molar-refractivity contribution in [1.82, 2.24) is 4.57 Å². The molecule has 0 radical (unpaired) electrons. The minimum atomic E-state index is -4.46. The summed E-state index contributed by atoms with van der Waals surface area (Å²) in [4.78, 5) is 11.8. The molecule has 0 saturated heterocycles. The fourth-order valence-electron chi connectivity index (χ4n) is 1.42. The van der Waals surface area contributed by atoms with Crippen molar-refractivity contribution in [3.8, 4) is 0 Å². The number of hydrogen-bond donors (Lipinski definition) is 0. The molecule has 92 valence electrons. The van der Waals surface area contributed by atoms with Crippen molar-refractivity contribution < 1.29 is 13.2 Å². The minimum Gasteiger partial charge on any atom is -0.304 e. The quantitative estimate of drug-likeness (QED) is 0.764. The van der Waals surface area contributed by atoms with Crippen LogP contribution in [0.25, 0.3) is 10.1 Å². The van der Waals surface area contributed by atoms with E-state index in [9.17, 15) is 18.0 Å². The van der Waals surface area contributed by atoms with Crippen molar-refractivity contribution in [3.05, 3.63) is 31.4 Å². The predicted octanol–water partition coefficient (Wildman–Crippen LogP) is 4.04. The predicted molar refractivity (Wildman–Crippen MR) is 64.8 cm³/mol. The van der Waals surface area contributed by atoms with Crippen LogP contribution in [0, 0.1) is 0 Å². The second-order valence-corrected chi connectivity index (χ2v) is 5.45. The number of halogens is 5. The Morgan fingerprint density at radius 2 is 2.12 bits per heavy atom. The third-order valence-corrected chi connectivity index (χ3v) is 4.40. The van der Waals surface area contributed by atoms with Crippen LogP contribution in [-0.2, 0) is 6.54 Å². The second-order valence-electron chi connectivity index (χ2n) is 3.31. The van der Waals surface area contributed by atoms with E-state index in [1.165, 1.54) is 11.3 Å². The molecule has 0 N–H and O–H groups in total. The first kappa shape index (κ1) is 12.9. The van der Waals surface area contributed by atoms with Crippen molar-refractivity contribution >= 4 is 49.0 Å². The molecule has 2 aromatic heterocycles. The minimum absolute atomic E-state index is 0.138. The van der Waals surface area contributed by atoms with Gasteiger partial charge in [-0.25, -0.2) is 0 Å². The molecule has 17 heavy (non-hydrogen) atoms. The van der Waals surface area contributed by atoms with Crippen LogP contribution in [0.15, 0.2) is 20.8 Å². The molecule has 2 aromatic rings. The fraction of sp³-hybridized carbons (Fsp3) is 0.222. The van der Waals surface area contributed by atoms with E-state index in [0.29, 0.717) is 13.7 Å². The molecule has 0 aliphatic carbocycles. The third-order valence-electron chi connectivity index (χ3n) is 2.06. The standard InChI is InChI=1S/C9H4BrClF3NOS/c10-4-2-17-7-5(11)1-15(3-9(12,13)14)8(16)6(4)7/h1-2H,3H2. The Kier molecular flexibility index (Phi) is 3.26. The van der Waals surface area contributed by atoms with E-state index in [1.807, 2.05) is 0 Å². The van der Waals surface area contributed by atoms with E-state index in [2.05, 4.69) is 15.9 Å². The van der Waals surface area contributed by atoms with Gasteiger partial charge in [0.25, 0.3) is 5.56 Å². The van der Waals surface area contributed by atoms with Crippen LogP contribution >= 0.6 is 38.9 Å². The van der Waals surface area contributed by atoms with Gasteiger partial charge in [-0.1, -0.05) is 11.6 Å². The molecule has 0 aliphatic heterocycles. The highest BCUT2D eigenvalue weighted by Crippen LogP contribution is 2.33. The Balaban J connectivity index is 2.70. The fourth-order valence-corrected chi connectivity index (χ4v) is 3.37. The van der Waals surface area contributed by atoms with E-state index >= 15 is 0 Å². The Bertz CT molecular complexity index is 633. The van der Waals surface area contributed by atoms with Crippen LogP contribution in [0.4, 0.5) is 13.2 Å². The molecule has 0 unspecified atom stereocenters. The second kappa shape index (κ2) is 4.29. The number of hydrogen-bond acceptors (Lipinski definition) is 2. The summed E-state index contributed by atoms with van der Waals surface area (Å²) in [6.45, 7) is -1.34. The van der Waals surface area contributed by atoms with Crippen molar-refractivity contribution in [3.63, 3.8) is 0 Å². The van der Waals surface area contributed by atoms with E-state index in [-0.39, 0.29) is 10.4 Å². The van der Waals surface area contributed by atoms with Gasteiger partial charge in [0.15, 0.2) is 0 Å². The summed E-state index contributed by atoms with van der Waals surface area (Å²) in [5, 5.41) is 1.95. The van der Waals surface area contributed by atoms with E-state index in [4.69, 9.17) is 11.6 Å². The lowest BCUT2D eigenvalue weighted by Crippen LogP contribution is -2.27. The number of nitrogens with zero attached hydrogens (tertiary/aromatic N) is 1. The van der Waals surface area contributed by atoms with Crippen LogP contribution in [0.5, 0.6) is 0 Å². The molecule has 0 aliphatic rings. The van der Waals surface area contributed by atoms with Gasteiger partial charge in [0, 0.05) is 16.0 Å². The van der Waals surface area contributed by atoms with Crippen molar-refractivity contribution in [2.45, 2.75) is 12.7 Å². The monoisotopic (exact) mass is 345 g/mol. The lowest BCUT2D eigenvalue weighted by Gasteiger charge is -2.10.